The van der Waals surface area contributed by atoms with Gasteiger partial charge in [0.2, 0.25) is 5.91 Å². The van der Waals surface area contributed by atoms with E-state index in [0.717, 1.165) is 0 Å². The van der Waals surface area contributed by atoms with Gasteiger partial charge in [0.25, 0.3) is 0 Å². The number of aliphatic hydroxyl groups is 1. The van der Waals surface area contributed by atoms with Gasteiger partial charge in [0.1, 0.15) is 0 Å². The van der Waals surface area contributed by atoms with Crippen LogP contribution in [-0.2, 0) is 4.79 Å². The molecule has 4 heteroatoms. The van der Waals surface area contributed by atoms with E-state index in [1.165, 1.54) is 0 Å². The maximum Gasteiger partial charge on any atom is 0.232 e. The highest BCUT2D eigenvalue weighted by Gasteiger charge is 2.11. The molecule has 0 aliphatic carbocycles. The Balaban J connectivity index is 3.69. The van der Waals surface area contributed by atoms with Gasteiger partial charge in [0, 0.05) is 13.6 Å². The number of nitrogens with zero attached hydrogens (tertiary/aromatic N) is 1. The van der Waals surface area contributed by atoms with Crippen LogP contribution in [0.3, 0.4) is 0 Å². The molecule has 1 atom stereocenters. The summed E-state index contributed by atoms with van der Waals surface area (Å²) in [6.45, 7) is 6.22. The second kappa shape index (κ2) is 6.27. The average Bonchev–Trinajstić information content (AvgIpc) is 1.98. The Labute approximate surface area is 84.5 Å². The second-order valence-corrected chi connectivity index (χ2v) is 5.05. The topological polar surface area (TPSA) is 40.5 Å². The van der Waals surface area contributed by atoms with E-state index in [2.05, 4.69) is 13.8 Å². The van der Waals surface area contributed by atoms with E-state index in [1.54, 1.807) is 30.6 Å². The summed E-state index contributed by atoms with van der Waals surface area (Å²) >= 11 is 1.62. The molecule has 0 aromatic rings. The van der Waals surface area contributed by atoms with Gasteiger partial charge in [-0.2, -0.15) is 0 Å². The minimum atomic E-state index is -0.446. The third kappa shape index (κ3) is 6.90. The lowest BCUT2D eigenvalue weighted by Gasteiger charge is -2.18. The first-order valence-electron chi connectivity index (χ1n) is 4.47. The van der Waals surface area contributed by atoms with E-state index < -0.39 is 6.10 Å². The molecule has 0 saturated carbocycles. The number of amides is 1. The number of carbonyl (C=O) groups excluding carboxylic acids is 1. The first kappa shape index (κ1) is 12.8. The molecule has 0 saturated heterocycles. The molecule has 0 aromatic carbocycles. The van der Waals surface area contributed by atoms with Crippen molar-refractivity contribution in [2.45, 2.75) is 32.1 Å². The van der Waals surface area contributed by atoms with Crippen LogP contribution in [0.2, 0.25) is 0 Å². The quantitative estimate of drug-likeness (QED) is 0.727. The summed E-state index contributed by atoms with van der Waals surface area (Å²) in [5, 5.41) is 9.52. The Hall–Kier alpha value is -0.220. The lowest BCUT2D eigenvalue weighted by molar-refractivity contribution is -0.128. The molecule has 1 amide bonds. The largest absolute Gasteiger partial charge is 0.392 e. The molecule has 0 rings (SSSR count). The van der Waals surface area contributed by atoms with E-state index >= 15 is 0 Å². The Morgan fingerprint density at radius 2 is 2.00 bits per heavy atom. The van der Waals surface area contributed by atoms with E-state index in [9.17, 15) is 4.79 Å². The molecule has 3 nitrogen and oxygen atoms in total. The van der Waals surface area contributed by atoms with Crippen molar-refractivity contribution in [3.8, 4) is 0 Å². The Bertz CT molecular complexity index is 160. The van der Waals surface area contributed by atoms with Crippen LogP contribution in [-0.4, -0.2) is 46.6 Å². The van der Waals surface area contributed by atoms with Crippen molar-refractivity contribution in [3.63, 3.8) is 0 Å². The summed E-state index contributed by atoms with van der Waals surface area (Å²) in [4.78, 5) is 12.9. The predicted molar refractivity (Wildman–Crippen MR) is 56.9 cm³/mol. The van der Waals surface area contributed by atoms with Crippen molar-refractivity contribution in [1.29, 1.82) is 0 Å². The van der Waals surface area contributed by atoms with E-state index in [0.29, 0.717) is 17.5 Å². The summed E-state index contributed by atoms with van der Waals surface area (Å²) in [6, 6.07) is 0. The SMILES string of the molecule is CC(O)CN(C)C(=O)CSC(C)C. The summed E-state index contributed by atoms with van der Waals surface area (Å²) in [5.74, 6) is 0.584. The molecule has 0 bridgehead atoms. The molecule has 0 fully saturated rings. The van der Waals surface area contributed by atoms with Gasteiger partial charge in [-0.15, -0.1) is 11.8 Å². The number of hydrogen-bond donors (Lipinski definition) is 1. The summed E-state index contributed by atoms with van der Waals surface area (Å²) < 4.78 is 0. The smallest absolute Gasteiger partial charge is 0.232 e. The number of rotatable bonds is 5. The normalized spacial score (nSPS) is 13.1. The number of thioether (sulfide) groups is 1. The number of aliphatic hydroxyl groups excluding tert-OH is 1. The first-order chi connectivity index (χ1) is 5.93. The van der Waals surface area contributed by atoms with Gasteiger partial charge in [-0.05, 0) is 12.2 Å². The molecule has 0 radical (unpaired) electrons. The van der Waals surface area contributed by atoms with E-state index in [1.807, 2.05) is 0 Å². The molecule has 0 aliphatic heterocycles. The van der Waals surface area contributed by atoms with Crippen molar-refractivity contribution in [1.82, 2.24) is 4.90 Å². The molecule has 0 aromatic heterocycles. The number of carbonyl (C=O) groups is 1. The lowest BCUT2D eigenvalue weighted by Crippen LogP contribution is -2.34. The van der Waals surface area contributed by atoms with Crippen molar-refractivity contribution >= 4 is 17.7 Å². The third-order valence-corrected chi connectivity index (χ3v) is 2.58. The monoisotopic (exact) mass is 205 g/mol. The minimum Gasteiger partial charge on any atom is -0.392 e. The van der Waals surface area contributed by atoms with Crippen molar-refractivity contribution in [2.75, 3.05) is 19.3 Å². The summed E-state index contributed by atoms with van der Waals surface area (Å²) in [6.07, 6.45) is -0.446. The highest BCUT2D eigenvalue weighted by molar-refractivity contribution is 8.00. The van der Waals surface area contributed by atoms with Crippen LogP contribution in [0, 0.1) is 0 Å². The highest BCUT2D eigenvalue weighted by atomic mass is 32.2. The van der Waals surface area contributed by atoms with Crippen LogP contribution < -0.4 is 0 Å². The third-order valence-electron chi connectivity index (χ3n) is 1.50. The Kier molecular flexibility index (Phi) is 6.16. The zero-order valence-corrected chi connectivity index (χ0v) is 9.60. The molecule has 0 aliphatic rings. The fourth-order valence-electron chi connectivity index (χ4n) is 0.846. The second-order valence-electron chi connectivity index (χ2n) is 3.48. The Morgan fingerprint density at radius 1 is 1.46 bits per heavy atom. The molecule has 13 heavy (non-hydrogen) atoms. The van der Waals surface area contributed by atoms with Crippen LogP contribution in [0.15, 0.2) is 0 Å². The number of likely N-dealkylation sites (N-methyl/N-ethyl adjacent to an activating group) is 1. The fraction of sp³-hybridized carbons (Fsp3) is 0.889. The van der Waals surface area contributed by atoms with Gasteiger partial charge in [0.15, 0.2) is 0 Å². The zero-order valence-electron chi connectivity index (χ0n) is 8.78. The van der Waals surface area contributed by atoms with Gasteiger partial charge in [-0.3, -0.25) is 4.79 Å². The van der Waals surface area contributed by atoms with Crippen molar-refractivity contribution in [3.05, 3.63) is 0 Å². The maximum absolute atomic E-state index is 11.4. The molecule has 1 N–H and O–H groups in total. The average molecular weight is 205 g/mol. The molecule has 1 unspecified atom stereocenters. The van der Waals surface area contributed by atoms with Gasteiger partial charge in [-0.25, -0.2) is 0 Å². The van der Waals surface area contributed by atoms with Crippen molar-refractivity contribution in [2.24, 2.45) is 0 Å². The molecule has 78 valence electrons. The van der Waals surface area contributed by atoms with Gasteiger partial charge >= 0.3 is 0 Å². The first-order valence-corrected chi connectivity index (χ1v) is 5.52. The Morgan fingerprint density at radius 3 is 2.38 bits per heavy atom. The van der Waals surface area contributed by atoms with Crippen LogP contribution in [0.25, 0.3) is 0 Å². The van der Waals surface area contributed by atoms with Crippen LogP contribution >= 0.6 is 11.8 Å². The van der Waals surface area contributed by atoms with Crippen LogP contribution in [0.1, 0.15) is 20.8 Å². The van der Waals surface area contributed by atoms with Crippen LogP contribution in [0.5, 0.6) is 0 Å². The lowest BCUT2D eigenvalue weighted by atomic mass is 10.4. The van der Waals surface area contributed by atoms with Crippen LogP contribution in [0.4, 0.5) is 0 Å². The summed E-state index contributed by atoms with van der Waals surface area (Å²) in [7, 11) is 1.72. The zero-order chi connectivity index (χ0) is 10.4. The number of hydrogen-bond acceptors (Lipinski definition) is 3. The summed E-state index contributed by atoms with van der Waals surface area (Å²) in [5.41, 5.74) is 0. The minimum absolute atomic E-state index is 0.0830. The molecular formula is C9H19NO2S. The fourth-order valence-corrected chi connectivity index (χ4v) is 1.54. The maximum atomic E-state index is 11.4. The van der Waals surface area contributed by atoms with E-state index in [-0.39, 0.29) is 5.91 Å². The van der Waals surface area contributed by atoms with Gasteiger partial charge < -0.3 is 10.0 Å². The molecular weight excluding hydrogens is 186 g/mol. The standard InChI is InChI=1S/C9H19NO2S/c1-7(2)13-6-9(12)10(4)5-8(3)11/h7-8,11H,5-6H2,1-4H3. The molecule has 0 heterocycles. The highest BCUT2D eigenvalue weighted by Crippen LogP contribution is 2.09. The van der Waals surface area contributed by atoms with E-state index in [4.69, 9.17) is 5.11 Å². The molecule has 0 spiro atoms. The predicted octanol–water partition coefficient (Wildman–Crippen LogP) is 0.967. The van der Waals surface area contributed by atoms with Gasteiger partial charge in [-0.1, -0.05) is 13.8 Å². The van der Waals surface area contributed by atoms with Crippen molar-refractivity contribution < 1.29 is 9.90 Å². The van der Waals surface area contributed by atoms with Gasteiger partial charge in [0.05, 0.1) is 11.9 Å².